The lowest BCUT2D eigenvalue weighted by molar-refractivity contribution is -0.148. The number of nitrogens with zero attached hydrogens (tertiary/aromatic N) is 2. The van der Waals surface area contributed by atoms with Crippen LogP contribution in [0.15, 0.2) is 35.2 Å². The summed E-state index contributed by atoms with van der Waals surface area (Å²) in [6.07, 6.45) is 1.69. The summed E-state index contributed by atoms with van der Waals surface area (Å²) in [5.41, 5.74) is 3.65. The molecule has 0 bridgehead atoms. The smallest absolute Gasteiger partial charge is 0.328 e. The third-order valence-electron chi connectivity index (χ3n) is 4.82. The number of imide groups is 1. The molecule has 1 aliphatic heterocycles. The number of aryl methyl sites for hydroxylation is 1. The Morgan fingerprint density at radius 1 is 1.17 bits per heavy atom. The number of benzene rings is 1. The number of hydrogen-bond donors (Lipinski definition) is 0. The van der Waals surface area contributed by atoms with Gasteiger partial charge in [0.15, 0.2) is 0 Å². The van der Waals surface area contributed by atoms with E-state index in [0.717, 1.165) is 45.1 Å². The van der Waals surface area contributed by atoms with E-state index in [1.807, 2.05) is 44.2 Å². The molecule has 0 radical (unpaired) electrons. The number of hydrogen-bond acceptors (Lipinski definition) is 6. The quantitative estimate of drug-likeness (QED) is 0.548. The van der Waals surface area contributed by atoms with Crippen molar-refractivity contribution in [2.45, 2.75) is 26.8 Å². The van der Waals surface area contributed by atoms with E-state index in [9.17, 15) is 14.4 Å². The van der Waals surface area contributed by atoms with Gasteiger partial charge in [0, 0.05) is 23.1 Å². The highest BCUT2D eigenvalue weighted by Crippen LogP contribution is 2.35. The molecular formula is C21H22N2O5S. The fraction of sp³-hybridized carbons (Fsp3) is 0.286. The number of carbonyl (C=O) groups excluding carboxylic acids is 3. The molecule has 0 saturated carbocycles. The van der Waals surface area contributed by atoms with E-state index in [0.29, 0.717) is 0 Å². The molecule has 1 fully saturated rings. The molecule has 0 N–H and O–H groups in total. The number of carbonyl (C=O) groups is 3. The van der Waals surface area contributed by atoms with Gasteiger partial charge in [-0.05, 0) is 62.4 Å². The van der Waals surface area contributed by atoms with Gasteiger partial charge in [0.1, 0.15) is 11.8 Å². The Labute approximate surface area is 173 Å². The maximum atomic E-state index is 12.7. The van der Waals surface area contributed by atoms with E-state index in [1.54, 1.807) is 13.2 Å². The Hall–Kier alpha value is -3.00. The third-order valence-corrected chi connectivity index (χ3v) is 5.71. The molecule has 2 heterocycles. The largest absolute Gasteiger partial charge is 0.497 e. The van der Waals surface area contributed by atoms with E-state index < -0.39 is 23.2 Å². The van der Waals surface area contributed by atoms with Crippen LogP contribution in [0.2, 0.25) is 0 Å². The second-order valence-corrected chi connectivity index (χ2v) is 7.61. The summed E-state index contributed by atoms with van der Waals surface area (Å²) in [5.74, 6) is -0.386. The van der Waals surface area contributed by atoms with Crippen LogP contribution in [0.5, 0.6) is 5.75 Å². The zero-order valence-corrected chi connectivity index (χ0v) is 17.7. The predicted molar refractivity (Wildman–Crippen MR) is 111 cm³/mol. The number of ether oxygens (including phenoxy) is 2. The van der Waals surface area contributed by atoms with Crippen molar-refractivity contribution < 1.29 is 23.9 Å². The predicted octanol–water partition coefficient (Wildman–Crippen LogP) is 3.70. The summed E-state index contributed by atoms with van der Waals surface area (Å²) in [6.45, 7) is 5.38. The molecule has 29 heavy (non-hydrogen) atoms. The molecular weight excluding hydrogens is 392 g/mol. The van der Waals surface area contributed by atoms with Gasteiger partial charge in [-0.1, -0.05) is 6.07 Å². The first-order valence-electron chi connectivity index (χ1n) is 8.96. The highest BCUT2D eigenvalue weighted by molar-refractivity contribution is 8.18. The van der Waals surface area contributed by atoms with Crippen LogP contribution in [0.3, 0.4) is 0 Å². The van der Waals surface area contributed by atoms with Crippen molar-refractivity contribution >= 4 is 35.0 Å². The van der Waals surface area contributed by atoms with Crippen LogP contribution >= 0.6 is 11.8 Å². The summed E-state index contributed by atoms with van der Waals surface area (Å²) in [6, 6.07) is 8.66. The number of amides is 2. The molecule has 1 atom stereocenters. The molecule has 1 aromatic carbocycles. The Morgan fingerprint density at radius 3 is 2.55 bits per heavy atom. The van der Waals surface area contributed by atoms with Crippen molar-refractivity contribution in [3.05, 3.63) is 52.2 Å². The van der Waals surface area contributed by atoms with Crippen LogP contribution in [0, 0.1) is 13.8 Å². The topological polar surface area (TPSA) is 77.8 Å². The van der Waals surface area contributed by atoms with Gasteiger partial charge in [0.05, 0.1) is 19.1 Å². The number of rotatable bonds is 5. The van der Waals surface area contributed by atoms with Gasteiger partial charge in [-0.3, -0.25) is 14.5 Å². The van der Waals surface area contributed by atoms with Crippen LogP contribution in [0.4, 0.5) is 4.79 Å². The molecule has 2 aromatic rings. The number of esters is 1. The molecule has 0 unspecified atom stereocenters. The van der Waals surface area contributed by atoms with Gasteiger partial charge < -0.3 is 14.0 Å². The maximum absolute atomic E-state index is 12.7. The monoisotopic (exact) mass is 414 g/mol. The number of thioether (sulfide) groups is 1. The van der Waals surface area contributed by atoms with E-state index in [-0.39, 0.29) is 4.91 Å². The Bertz CT molecular complexity index is 1020. The molecule has 3 rings (SSSR count). The van der Waals surface area contributed by atoms with Crippen molar-refractivity contribution in [2.24, 2.45) is 0 Å². The number of aromatic nitrogens is 1. The molecule has 1 aliphatic rings. The molecule has 1 saturated heterocycles. The van der Waals surface area contributed by atoms with Gasteiger partial charge in [-0.25, -0.2) is 4.79 Å². The third kappa shape index (κ3) is 3.80. The van der Waals surface area contributed by atoms with Crippen LogP contribution in [-0.4, -0.2) is 46.8 Å². The zero-order chi connectivity index (χ0) is 21.3. The van der Waals surface area contributed by atoms with E-state index in [1.165, 1.54) is 14.0 Å². The summed E-state index contributed by atoms with van der Waals surface area (Å²) in [4.78, 5) is 38.0. The van der Waals surface area contributed by atoms with Crippen molar-refractivity contribution in [1.82, 2.24) is 9.47 Å². The van der Waals surface area contributed by atoms with Gasteiger partial charge in [0.25, 0.3) is 11.1 Å². The van der Waals surface area contributed by atoms with Crippen LogP contribution < -0.4 is 4.74 Å². The maximum Gasteiger partial charge on any atom is 0.328 e. The molecule has 0 spiro atoms. The highest BCUT2D eigenvalue weighted by Gasteiger charge is 2.41. The lowest BCUT2D eigenvalue weighted by Gasteiger charge is -2.18. The highest BCUT2D eigenvalue weighted by atomic mass is 32.2. The first kappa shape index (κ1) is 20.7. The van der Waals surface area contributed by atoms with E-state index >= 15 is 0 Å². The lowest BCUT2D eigenvalue weighted by Crippen LogP contribution is -2.42. The molecule has 1 aromatic heterocycles. The average molecular weight is 414 g/mol. The van der Waals surface area contributed by atoms with Gasteiger partial charge >= 0.3 is 5.97 Å². The zero-order valence-electron chi connectivity index (χ0n) is 16.9. The normalized spacial score (nSPS) is 16.4. The molecule has 152 valence electrons. The number of methoxy groups -OCH3 is 2. The van der Waals surface area contributed by atoms with Gasteiger partial charge in [-0.2, -0.15) is 0 Å². The van der Waals surface area contributed by atoms with Crippen molar-refractivity contribution in [3.63, 3.8) is 0 Å². The Kier molecular flexibility index (Phi) is 5.83. The van der Waals surface area contributed by atoms with Crippen LogP contribution in [-0.2, 0) is 14.3 Å². The summed E-state index contributed by atoms with van der Waals surface area (Å²) in [7, 11) is 2.84. The Balaban J connectivity index is 1.97. The second-order valence-electron chi connectivity index (χ2n) is 6.61. The minimum Gasteiger partial charge on any atom is -0.497 e. The summed E-state index contributed by atoms with van der Waals surface area (Å²) >= 11 is 0.820. The van der Waals surface area contributed by atoms with Crippen molar-refractivity contribution in [2.75, 3.05) is 14.2 Å². The molecule has 8 heteroatoms. The average Bonchev–Trinajstić information content (AvgIpc) is 3.15. The minimum absolute atomic E-state index is 0.275. The fourth-order valence-electron chi connectivity index (χ4n) is 3.31. The second kappa shape index (κ2) is 8.16. The standard InChI is InChI=1S/C21H22N2O5S/c1-12-9-15(13(2)22(12)16-7-6-8-17(11-16)27-4)10-18-19(24)23(21(26)29-18)14(3)20(25)28-5/h6-11,14H,1-5H3/b18-10-/t14-/m1/s1. The fourth-order valence-corrected chi connectivity index (χ4v) is 4.21. The Morgan fingerprint density at radius 2 is 1.90 bits per heavy atom. The first-order valence-corrected chi connectivity index (χ1v) is 9.78. The van der Waals surface area contributed by atoms with Crippen LogP contribution in [0.25, 0.3) is 11.8 Å². The molecule has 2 amide bonds. The minimum atomic E-state index is -0.970. The van der Waals surface area contributed by atoms with Crippen molar-refractivity contribution in [3.8, 4) is 11.4 Å². The van der Waals surface area contributed by atoms with Crippen LogP contribution in [0.1, 0.15) is 23.9 Å². The summed E-state index contributed by atoms with van der Waals surface area (Å²) in [5, 5.41) is -0.485. The summed E-state index contributed by atoms with van der Waals surface area (Å²) < 4.78 is 12.0. The molecule has 0 aliphatic carbocycles. The van der Waals surface area contributed by atoms with E-state index in [2.05, 4.69) is 9.30 Å². The lowest BCUT2D eigenvalue weighted by atomic mass is 10.2. The first-order chi connectivity index (χ1) is 13.8. The molecule has 7 nitrogen and oxygen atoms in total. The SMILES string of the molecule is COC(=O)[C@@H](C)N1C(=O)S/C(=C\c2cc(C)n(-c3cccc(OC)c3)c2C)C1=O. The van der Waals surface area contributed by atoms with Gasteiger partial charge in [0.2, 0.25) is 0 Å². The van der Waals surface area contributed by atoms with Crippen molar-refractivity contribution in [1.29, 1.82) is 0 Å². The van der Waals surface area contributed by atoms with E-state index in [4.69, 9.17) is 4.74 Å². The van der Waals surface area contributed by atoms with Gasteiger partial charge in [-0.15, -0.1) is 0 Å².